The standard InChI is InChI=1S/C18H28N2O6S.C13H17N3O3S.C13H17NO5S/c1-18(2)25-14(16(21)19-9-8-12-7-6-10-27-12)15(26-18)17(22)20(3)11-13(23-4)24-5;1-16-7-6-14-12(16)10(17)11(18)13(19)15-5-4-9-3-2-8-20-9;1-13(2)18-9(10(19-13)12(16)17)11(15)14-6-5-8-4-3-7-20-8/h6-7,10,13-15H,8-9,11H2,1-5H3,(H,19,21);2-3,6-8,10-11,17-18H,4-5H2,1H3,(H,15,19);3-4,7,9-10H,5-6H2,1-2H3,(H,14,15)(H,16,17)/t14-,15-;10-,11-;9-,10-/m111/s1. The number of carbonyl (C=O) groups excluding carboxylic acids is 4. The van der Waals surface area contributed by atoms with Crippen LogP contribution in [0, 0.1) is 0 Å². The van der Waals surface area contributed by atoms with Crippen molar-refractivity contribution >= 4 is 63.6 Å². The fourth-order valence-corrected chi connectivity index (χ4v) is 8.71. The maximum absolute atomic E-state index is 12.8. The highest BCUT2D eigenvalue weighted by atomic mass is 32.1. The number of aliphatic carboxylic acids is 1. The highest BCUT2D eigenvalue weighted by Crippen LogP contribution is 2.30. The van der Waals surface area contributed by atoms with Crippen LogP contribution in [0.2, 0.25) is 0 Å². The molecule has 67 heavy (non-hydrogen) atoms. The molecule has 6 N–H and O–H groups in total. The Balaban J connectivity index is 0.000000223. The molecule has 0 spiro atoms. The molecule has 20 nitrogen and oxygen atoms in total. The second-order valence-electron chi connectivity index (χ2n) is 16.1. The first-order chi connectivity index (χ1) is 31.8. The molecule has 0 unspecified atom stereocenters. The average molecular weight is 995 g/mol. The van der Waals surface area contributed by atoms with Crippen molar-refractivity contribution in [2.45, 2.75) is 101 Å². The molecule has 23 heteroatoms. The van der Waals surface area contributed by atoms with Gasteiger partial charge in [0.1, 0.15) is 11.9 Å². The van der Waals surface area contributed by atoms with Gasteiger partial charge in [0.25, 0.3) is 23.6 Å². The number of carboxylic acids is 1. The molecule has 4 aromatic rings. The van der Waals surface area contributed by atoms with Gasteiger partial charge in [0.15, 0.2) is 48.4 Å². The topological polar surface area (TPSA) is 259 Å². The number of aryl methyl sites for hydroxylation is 1. The molecule has 6 rings (SSSR count). The third-order valence-corrected chi connectivity index (χ3v) is 12.8. The lowest BCUT2D eigenvalue weighted by Gasteiger charge is -2.25. The summed E-state index contributed by atoms with van der Waals surface area (Å²) in [4.78, 5) is 69.1. The summed E-state index contributed by atoms with van der Waals surface area (Å²) in [5.74, 6) is -4.83. The van der Waals surface area contributed by atoms with Crippen molar-refractivity contribution in [1.82, 2.24) is 30.4 Å². The van der Waals surface area contributed by atoms with Gasteiger partial charge in [-0.1, -0.05) is 18.2 Å². The zero-order valence-corrected chi connectivity index (χ0v) is 41.2. The van der Waals surface area contributed by atoms with E-state index in [1.807, 2.05) is 52.5 Å². The maximum Gasteiger partial charge on any atom is 0.336 e. The monoisotopic (exact) mass is 994 g/mol. The number of nitrogens with zero attached hydrogens (tertiary/aromatic N) is 3. The van der Waals surface area contributed by atoms with Crippen LogP contribution in [-0.4, -0.2) is 155 Å². The zero-order chi connectivity index (χ0) is 49.3. The third-order valence-electron chi connectivity index (χ3n) is 9.96. The van der Waals surface area contributed by atoms with E-state index in [0.29, 0.717) is 32.5 Å². The number of imidazole rings is 1. The van der Waals surface area contributed by atoms with E-state index in [1.54, 1.807) is 86.6 Å². The SMILES string of the molecule is CC1(C)O[C@@H](C(=O)O)[C@H](C(=O)NCCc2cccs2)O1.COC(CN(C)C(=O)[C@@H]1OC(C)(C)O[C@H]1C(=O)NCCc1cccs1)OC.Cn1ccnc1[C@H](O)[C@@H](O)C(=O)NCCc1cccs1. The summed E-state index contributed by atoms with van der Waals surface area (Å²) < 4.78 is 33.8. The zero-order valence-electron chi connectivity index (χ0n) is 38.7. The maximum atomic E-state index is 12.8. The highest BCUT2D eigenvalue weighted by Gasteiger charge is 2.50. The normalized spacial score (nSPS) is 20.1. The molecule has 6 heterocycles. The number of thiophene rings is 3. The summed E-state index contributed by atoms with van der Waals surface area (Å²) in [6.45, 7) is 8.06. The molecule has 0 aliphatic carbocycles. The number of likely N-dealkylation sites (N-methyl/N-ethyl adjacent to an activating group) is 1. The van der Waals surface area contributed by atoms with Crippen LogP contribution >= 0.6 is 34.0 Å². The Labute approximate surface area is 401 Å². The predicted octanol–water partition coefficient (Wildman–Crippen LogP) is 2.25. The number of methoxy groups -OCH3 is 2. The van der Waals surface area contributed by atoms with Crippen LogP contribution in [0.1, 0.15) is 54.3 Å². The molecule has 2 aliphatic rings. The van der Waals surface area contributed by atoms with Gasteiger partial charge >= 0.3 is 5.97 Å². The molecule has 0 bridgehead atoms. The molecule has 0 aromatic carbocycles. The number of hydrogen-bond donors (Lipinski definition) is 6. The van der Waals surface area contributed by atoms with E-state index >= 15 is 0 Å². The first kappa shape index (κ1) is 54.9. The van der Waals surface area contributed by atoms with Crippen LogP contribution in [0.4, 0.5) is 0 Å². The van der Waals surface area contributed by atoms with E-state index in [4.69, 9.17) is 33.5 Å². The summed E-state index contributed by atoms with van der Waals surface area (Å²) in [5, 5.41) is 42.9. The van der Waals surface area contributed by atoms with Crippen molar-refractivity contribution in [2.75, 3.05) is 47.4 Å². The van der Waals surface area contributed by atoms with E-state index in [0.717, 1.165) is 16.2 Å². The molecule has 6 atom stereocenters. The second kappa shape index (κ2) is 26.2. The summed E-state index contributed by atoms with van der Waals surface area (Å²) in [7, 11) is 6.28. The van der Waals surface area contributed by atoms with Gasteiger partial charge in [-0.15, -0.1) is 34.0 Å². The Kier molecular flexibility index (Phi) is 21.5. The second-order valence-corrected chi connectivity index (χ2v) is 19.2. The molecular weight excluding hydrogens is 933 g/mol. The number of nitrogens with one attached hydrogen (secondary N) is 3. The molecule has 0 radical (unpaired) electrons. The number of carboxylic acid groups (broad SMARTS) is 1. The molecular formula is C44H62N6O14S3. The Morgan fingerprint density at radius 2 is 1.18 bits per heavy atom. The van der Waals surface area contributed by atoms with Crippen molar-refractivity contribution in [2.24, 2.45) is 7.05 Å². The van der Waals surface area contributed by atoms with E-state index < -0.39 is 72.3 Å². The van der Waals surface area contributed by atoms with E-state index in [9.17, 15) is 34.2 Å². The first-order valence-corrected chi connectivity index (χ1v) is 23.9. The quantitative estimate of drug-likeness (QED) is 0.0695. The number of aliphatic hydroxyl groups excluding tert-OH is 2. The summed E-state index contributed by atoms with van der Waals surface area (Å²) in [5.41, 5.74) is 0. The van der Waals surface area contributed by atoms with Gasteiger partial charge in [-0.05, 0) is 81.3 Å². The van der Waals surface area contributed by atoms with Crippen molar-refractivity contribution in [1.29, 1.82) is 0 Å². The number of rotatable bonds is 20. The van der Waals surface area contributed by atoms with Gasteiger partial charge in [0.2, 0.25) is 0 Å². The summed E-state index contributed by atoms with van der Waals surface area (Å²) in [6, 6.07) is 11.8. The Morgan fingerprint density at radius 1 is 0.746 bits per heavy atom. The Hall–Kier alpha value is -4.66. The van der Waals surface area contributed by atoms with Crippen molar-refractivity contribution in [3.05, 3.63) is 85.4 Å². The number of hydrogen-bond acceptors (Lipinski definition) is 17. The van der Waals surface area contributed by atoms with Gasteiger partial charge in [-0.25, -0.2) is 9.78 Å². The molecule has 2 saturated heterocycles. The number of ether oxygens (including phenoxy) is 6. The average Bonchev–Trinajstić information content (AvgIpc) is 4.16. The van der Waals surface area contributed by atoms with Crippen LogP contribution in [0.15, 0.2) is 64.9 Å². The van der Waals surface area contributed by atoms with E-state index in [1.165, 1.54) is 30.2 Å². The number of carbonyl (C=O) groups is 5. The minimum Gasteiger partial charge on any atom is -0.479 e. The largest absolute Gasteiger partial charge is 0.479 e. The van der Waals surface area contributed by atoms with Gasteiger partial charge in [-0.2, -0.15) is 0 Å². The van der Waals surface area contributed by atoms with Crippen LogP contribution in [-0.2, 0) is 78.7 Å². The molecule has 0 saturated carbocycles. The number of aromatic nitrogens is 2. The lowest BCUT2D eigenvalue weighted by atomic mass is 10.1. The number of aliphatic hydroxyl groups is 2. The lowest BCUT2D eigenvalue weighted by Crippen LogP contribution is -2.50. The Morgan fingerprint density at radius 3 is 1.58 bits per heavy atom. The lowest BCUT2D eigenvalue weighted by molar-refractivity contribution is -0.166. The summed E-state index contributed by atoms with van der Waals surface area (Å²) >= 11 is 4.86. The van der Waals surface area contributed by atoms with E-state index in [2.05, 4.69) is 20.9 Å². The van der Waals surface area contributed by atoms with Crippen LogP contribution < -0.4 is 16.0 Å². The van der Waals surface area contributed by atoms with Crippen LogP contribution in [0.25, 0.3) is 0 Å². The van der Waals surface area contributed by atoms with Gasteiger partial charge in [0, 0.05) is 75.0 Å². The number of amides is 4. The predicted molar refractivity (Wildman–Crippen MR) is 248 cm³/mol. The fourth-order valence-electron chi connectivity index (χ4n) is 6.59. The van der Waals surface area contributed by atoms with Gasteiger partial charge in [0.05, 0.1) is 6.54 Å². The third kappa shape index (κ3) is 17.1. The first-order valence-electron chi connectivity index (χ1n) is 21.2. The van der Waals surface area contributed by atoms with Crippen LogP contribution in [0.3, 0.4) is 0 Å². The van der Waals surface area contributed by atoms with Gasteiger partial charge in [-0.3, -0.25) is 19.2 Å². The van der Waals surface area contributed by atoms with Crippen LogP contribution in [0.5, 0.6) is 0 Å². The molecule has 2 fully saturated rings. The highest BCUT2D eigenvalue weighted by molar-refractivity contribution is 7.10. The van der Waals surface area contributed by atoms with Crippen molar-refractivity contribution < 1.29 is 67.7 Å². The Bertz CT molecular complexity index is 2130. The molecule has 4 aromatic heterocycles. The minimum atomic E-state index is -1.53. The fraction of sp³-hybridized carbons (Fsp3) is 0.545. The van der Waals surface area contributed by atoms with Crippen molar-refractivity contribution in [3.63, 3.8) is 0 Å². The summed E-state index contributed by atoms with van der Waals surface area (Å²) in [6.07, 6.45) is -2.58. The minimum absolute atomic E-state index is 0.207. The molecule has 2 aliphatic heterocycles. The molecule has 370 valence electrons. The smallest absolute Gasteiger partial charge is 0.336 e. The van der Waals surface area contributed by atoms with Crippen molar-refractivity contribution in [3.8, 4) is 0 Å². The van der Waals surface area contributed by atoms with E-state index in [-0.39, 0.29) is 24.2 Å². The van der Waals surface area contributed by atoms with Gasteiger partial charge < -0.3 is 69.2 Å². The molecule has 4 amide bonds.